The van der Waals surface area contributed by atoms with E-state index in [1.807, 2.05) is 12.3 Å². The lowest BCUT2D eigenvalue weighted by atomic mass is 10.1. The lowest BCUT2D eigenvalue weighted by Gasteiger charge is -2.24. The quantitative estimate of drug-likeness (QED) is 0.883. The SMILES string of the molecule is CCOC(=O)N1CCCCC(NC(=O)c2ccc(Cn3cccn3)o2)C1. The Morgan fingerprint density at radius 3 is 3.04 bits per heavy atom. The molecule has 1 aliphatic rings. The van der Waals surface area contributed by atoms with Gasteiger partial charge >= 0.3 is 6.09 Å². The summed E-state index contributed by atoms with van der Waals surface area (Å²) in [6, 6.07) is 5.15. The fourth-order valence-electron chi connectivity index (χ4n) is 3.04. The first-order valence-corrected chi connectivity index (χ1v) is 8.94. The standard InChI is InChI=1S/C18H24N4O4/c1-2-25-18(24)21-10-4-3-6-14(12-21)20-17(23)16-8-7-15(26-16)13-22-11-5-9-19-22/h5,7-9,11,14H,2-4,6,10,12-13H2,1H3,(H,20,23). The highest BCUT2D eigenvalue weighted by atomic mass is 16.6. The van der Waals surface area contributed by atoms with Crippen LogP contribution < -0.4 is 5.32 Å². The van der Waals surface area contributed by atoms with Crippen molar-refractivity contribution in [2.24, 2.45) is 0 Å². The zero-order chi connectivity index (χ0) is 18.4. The van der Waals surface area contributed by atoms with Crippen molar-refractivity contribution in [2.75, 3.05) is 19.7 Å². The Kier molecular flexibility index (Phi) is 5.93. The van der Waals surface area contributed by atoms with E-state index in [1.54, 1.807) is 34.8 Å². The van der Waals surface area contributed by atoms with E-state index in [4.69, 9.17) is 9.15 Å². The predicted octanol–water partition coefficient (Wildman–Crippen LogP) is 2.27. The van der Waals surface area contributed by atoms with E-state index in [-0.39, 0.29) is 23.8 Å². The van der Waals surface area contributed by atoms with Crippen molar-refractivity contribution >= 4 is 12.0 Å². The van der Waals surface area contributed by atoms with Gasteiger partial charge in [0.15, 0.2) is 5.76 Å². The number of likely N-dealkylation sites (tertiary alicyclic amines) is 1. The average molecular weight is 360 g/mol. The smallest absolute Gasteiger partial charge is 0.409 e. The van der Waals surface area contributed by atoms with E-state index in [0.717, 1.165) is 19.3 Å². The topological polar surface area (TPSA) is 89.6 Å². The second kappa shape index (κ2) is 8.55. The number of carbonyl (C=O) groups excluding carboxylic acids is 2. The second-order valence-electron chi connectivity index (χ2n) is 6.28. The zero-order valence-corrected chi connectivity index (χ0v) is 14.9. The number of aromatic nitrogens is 2. The van der Waals surface area contributed by atoms with E-state index in [1.165, 1.54) is 0 Å². The first kappa shape index (κ1) is 18.0. The van der Waals surface area contributed by atoms with Crippen LogP contribution in [0.5, 0.6) is 0 Å². The molecule has 26 heavy (non-hydrogen) atoms. The highest BCUT2D eigenvalue weighted by Gasteiger charge is 2.25. The van der Waals surface area contributed by atoms with Gasteiger partial charge in [0, 0.05) is 31.5 Å². The molecule has 0 saturated carbocycles. The zero-order valence-electron chi connectivity index (χ0n) is 14.9. The molecule has 3 rings (SSSR count). The van der Waals surface area contributed by atoms with Gasteiger partial charge in [-0.15, -0.1) is 0 Å². The fraction of sp³-hybridized carbons (Fsp3) is 0.500. The molecule has 1 N–H and O–H groups in total. The molecule has 140 valence electrons. The Hall–Kier alpha value is -2.77. The van der Waals surface area contributed by atoms with Crippen LogP contribution in [-0.4, -0.2) is 52.4 Å². The van der Waals surface area contributed by atoms with E-state index in [2.05, 4.69) is 10.4 Å². The number of ether oxygens (including phenoxy) is 1. The van der Waals surface area contributed by atoms with Gasteiger partial charge in [-0.1, -0.05) is 0 Å². The largest absolute Gasteiger partial charge is 0.454 e. The number of nitrogens with zero attached hydrogens (tertiary/aromatic N) is 3. The number of hydrogen-bond acceptors (Lipinski definition) is 5. The van der Waals surface area contributed by atoms with Gasteiger partial charge in [0.25, 0.3) is 5.91 Å². The van der Waals surface area contributed by atoms with Gasteiger partial charge in [0.1, 0.15) is 5.76 Å². The van der Waals surface area contributed by atoms with Crippen molar-refractivity contribution in [1.82, 2.24) is 20.0 Å². The van der Waals surface area contributed by atoms with Crippen LogP contribution in [-0.2, 0) is 11.3 Å². The van der Waals surface area contributed by atoms with Gasteiger partial charge in [0.05, 0.1) is 13.2 Å². The van der Waals surface area contributed by atoms with Crippen LogP contribution in [0.4, 0.5) is 4.79 Å². The summed E-state index contributed by atoms with van der Waals surface area (Å²) in [5.74, 6) is 0.652. The van der Waals surface area contributed by atoms with Crippen molar-refractivity contribution in [2.45, 2.75) is 38.8 Å². The Labute approximate surface area is 152 Å². The second-order valence-corrected chi connectivity index (χ2v) is 6.28. The molecule has 8 nitrogen and oxygen atoms in total. The molecule has 2 aromatic heterocycles. The molecular weight excluding hydrogens is 336 g/mol. The summed E-state index contributed by atoms with van der Waals surface area (Å²) in [7, 11) is 0. The van der Waals surface area contributed by atoms with Gasteiger partial charge in [-0.3, -0.25) is 9.48 Å². The lowest BCUT2D eigenvalue weighted by molar-refractivity contribution is 0.0870. The van der Waals surface area contributed by atoms with E-state index in [9.17, 15) is 9.59 Å². The van der Waals surface area contributed by atoms with Crippen molar-refractivity contribution in [3.05, 3.63) is 42.1 Å². The van der Waals surface area contributed by atoms with E-state index in [0.29, 0.717) is 32.0 Å². The molecule has 2 amide bonds. The summed E-state index contributed by atoms with van der Waals surface area (Å²) in [6.07, 6.45) is 5.87. The molecule has 0 spiro atoms. The summed E-state index contributed by atoms with van der Waals surface area (Å²) in [6.45, 7) is 3.70. The van der Waals surface area contributed by atoms with Crippen LogP contribution in [0, 0.1) is 0 Å². The third-order valence-corrected chi connectivity index (χ3v) is 4.30. The molecule has 0 radical (unpaired) electrons. The Morgan fingerprint density at radius 2 is 2.27 bits per heavy atom. The van der Waals surface area contributed by atoms with Gasteiger partial charge in [0.2, 0.25) is 0 Å². The third-order valence-electron chi connectivity index (χ3n) is 4.30. The van der Waals surface area contributed by atoms with Crippen LogP contribution in [0.2, 0.25) is 0 Å². The number of amides is 2. The Bertz CT molecular complexity index is 725. The van der Waals surface area contributed by atoms with Crippen LogP contribution in [0.25, 0.3) is 0 Å². The molecule has 0 aliphatic carbocycles. The van der Waals surface area contributed by atoms with Crippen molar-refractivity contribution < 1.29 is 18.7 Å². The number of hydrogen-bond donors (Lipinski definition) is 1. The molecule has 3 heterocycles. The maximum absolute atomic E-state index is 12.5. The summed E-state index contributed by atoms with van der Waals surface area (Å²) in [4.78, 5) is 26.1. The molecule has 0 aromatic carbocycles. The summed E-state index contributed by atoms with van der Waals surface area (Å²) in [5, 5.41) is 7.09. The van der Waals surface area contributed by atoms with Gasteiger partial charge in [-0.05, 0) is 44.4 Å². The molecule has 0 bridgehead atoms. The molecule has 8 heteroatoms. The van der Waals surface area contributed by atoms with Gasteiger partial charge in [-0.2, -0.15) is 5.10 Å². The van der Waals surface area contributed by atoms with Crippen molar-refractivity contribution in [3.8, 4) is 0 Å². The molecule has 1 atom stereocenters. The fourth-order valence-corrected chi connectivity index (χ4v) is 3.04. The summed E-state index contributed by atoms with van der Waals surface area (Å²) < 4.78 is 12.4. The maximum Gasteiger partial charge on any atom is 0.409 e. The van der Waals surface area contributed by atoms with Gasteiger partial charge in [-0.25, -0.2) is 4.79 Å². The molecular formula is C18H24N4O4. The first-order chi connectivity index (χ1) is 12.7. The minimum absolute atomic E-state index is 0.117. The molecule has 1 unspecified atom stereocenters. The number of rotatable bonds is 5. The molecule has 1 fully saturated rings. The first-order valence-electron chi connectivity index (χ1n) is 8.94. The van der Waals surface area contributed by atoms with Crippen molar-refractivity contribution in [3.63, 3.8) is 0 Å². The van der Waals surface area contributed by atoms with Crippen molar-refractivity contribution in [1.29, 1.82) is 0 Å². The van der Waals surface area contributed by atoms with Gasteiger partial charge < -0.3 is 19.4 Å². The average Bonchev–Trinajstić information content (AvgIpc) is 3.24. The maximum atomic E-state index is 12.5. The highest BCUT2D eigenvalue weighted by Crippen LogP contribution is 2.14. The third kappa shape index (κ3) is 4.65. The minimum atomic E-state index is -0.326. The lowest BCUT2D eigenvalue weighted by Crippen LogP contribution is -2.44. The van der Waals surface area contributed by atoms with Crippen LogP contribution >= 0.6 is 0 Å². The van der Waals surface area contributed by atoms with E-state index >= 15 is 0 Å². The predicted molar refractivity (Wildman–Crippen MR) is 93.7 cm³/mol. The summed E-state index contributed by atoms with van der Waals surface area (Å²) >= 11 is 0. The van der Waals surface area contributed by atoms with Crippen LogP contribution in [0.15, 0.2) is 35.0 Å². The molecule has 2 aromatic rings. The monoisotopic (exact) mass is 360 g/mol. The summed E-state index contributed by atoms with van der Waals surface area (Å²) in [5.41, 5.74) is 0. The highest BCUT2D eigenvalue weighted by molar-refractivity contribution is 5.91. The van der Waals surface area contributed by atoms with Crippen LogP contribution in [0.3, 0.4) is 0 Å². The Balaban J connectivity index is 1.58. The minimum Gasteiger partial charge on any atom is -0.454 e. The number of carbonyl (C=O) groups is 2. The number of nitrogens with one attached hydrogen (secondary N) is 1. The number of furan rings is 1. The van der Waals surface area contributed by atoms with Crippen LogP contribution in [0.1, 0.15) is 42.5 Å². The van der Waals surface area contributed by atoms with E-state index < -0.39 is 0 Å². The Morgan fingerprint density at radius 1 is 1.38 bits per heavy atom. The molecule has 1 aliphatic heterocycles. The molecule has 1 saturated heterocycles. The normalized spacial score (nSPS) is 17.6.